The van der Waals surface area contributed by atoms with Crippen molar-refractivity contribution in [2.24, 2.45) is 0 Å². The van der Waals surface area contributed by atoms with Gasteiger partial charge in [-0.05, 0) is 24.3 Å². The van der Waals surface area contributed by atoms with Crippen LogP contribution in [0.25, 0.3) is 10.6 Å². The summed E-state index contributed by atoms with van der Waals surface area (Å²) in [6.45, 7) is 0. The molecule has 0 spiro atoms. The lowest BCUT2D eigenvalue weighted by Crippen LogP contribution is -2.44. The number of amides is 1. The Morgan fingerprint density at radius 1 is 1.11 bits per heavy atom. The first-order valence-electron chi connectivity index (χ1n) is 8.10. The zero-order valence-electron chi connectivity index (χ0n) is 14.1. The molecule has 4 rings (SSSR count). The number of alkyl halides is 3. The number of hydrogen-bond acceptors (Lipinski definition) is 4. The second-order valence-corrected chi connectivity index (χ2v) is 7.01. The highest BCUT2D eigenvalue weighted by atomic mass is 32.1. The fourth-order valence-electron chi connectivity index (χ4n) is 3.03. The number of rotatable bonds is 2. The third kappa shape index (κ3) is 3.16. The molecule has 1 unspecified atom stereocenters. The topological polar surface area (TPSA) is 45.2 Å². The van der Waals surface area contributed by atoms with Crippen LogP contribution in [-0.2, 0) is 6.18 Å². The number of benzene rings is 2. The van der Waals surface area contributed by atoms with E-state index in [9.17, 15) is 18.0 Å². The van der Waals surface area contributed by atoms with Crippen molar-refractivity contribution in [3.05, 3.63) is 70.7 Å². The highest BCUT2D eigenvalue weighted by Crippen LogP contribution is 2.35. The van der Waals surface area contributed by atoms with Crippen LogP contribution in [0.15, 0.2) is 53.9 Å². The van der Waals surface area contributed by atoms with Crippen LogP contribution in [0, 0.1) is 0 Å². The molecule has 1 aliphatic heterocycles. The molecule has 0 fully saturated rings. The van der Waals surface area contributed by atoms with Gasteiger partial charge in [-0.15, -0.1) is 11.3 Å². The Bertz CT molecular complexity index is 998. The number of para-hydroxylation sites is 1. The summed E-state index contributed by atoms with van der Waals surface area (Å²) in [4.78, 5) is 18.8. The van der Waals surface area contributed by atoms with Crippen molar-refractivity contribution < 1.29 is 18.0 Å². The first kappa shape index (κ1) is 17.5. The van der Waals surface area contributed by atoms with Gasteiger partial charge in [0.1, 0.15) is 11.2 Å². The smallest absolute Gasteiger partial charge is 0.349 e. The highest BCUT2D eigenvalue weighted by Gasteiger charge is 2.31. The summed E-state index contributed by atoms with van der Waals surface area (Å²) >= 11 is 1.32. The number of nitrogens with zero attached hydrogens (tertiary/aromatic N) is 2. The number of aromatic nitrogens is 1. The molecule has 1 aromatic heterocycles. The molecule has 8 heteroatoms. The Hall–Kier alpha value is -2.87. The second kappa shape index (κ2) is 6.38. The molecule has 0 radical (unpaired) electrons. The van der Waals surface area contributed by atoms with Gasteiger partial charge in [-0.25, -0.2) is 4.98 Å². The van der Waals surface area contributed by atoms with Gasteiger partial charge >= 0.3 is 6.18 Å². The number of thiazole rings is 1. The first-order valence-corrected chi connectivity index (χ1v) is 8.98. The molecule has 1 amide bonds. The van der Waals surface area contributed by atoms with Crippen LogP contribution in [0.3, 0.4) is 0 Å². The summed E-state index contributed by atoms with van der Waals surface area (Å²) in [6, 6.07) is 12.2. The van der Waals surface area contributed by atoms with Crippen molar-refractivity contribution in [1.29, 1.82) is 0 Å². The van der Waals surface area contributed by atoms with Gasteiger partial charge in [-0.1, -0.05) is 24.3 Å². The van der Waals surface area contributed by atoms with Gasteiger partial charge < -0.3 is 10.2 Å². The SMILES string of the molecule is CN1c2ccccc2C(=O)NC1c1csc(-c2ccc(C(F)(F)F)cc2)n1. The zero-order chi connectivity index (χ0) is 19.2. The number of carbonyl (C=O) groups excluding carboxylic acids is 1. The molecule has 1 atom stereocenters. The molecule has 27 heavy (non-hydrogen) atoms. The van der Waals surface area contributed by atoms with Gasteiger partial charge in [0.25, 0.3) is 5.91 Å². The van der Waals surface area contributed by atoms with E-state index >= 15 is 0 Å². The van der Waals surface area contributed by atoms with E-state index in [0.717, 1.165) is 17.8 Å². The van der Waals surface area contributed by atoms with E-state index in [4.69, 9.17) is 0 Å². The summed E-state index contributed by atoms with van der Waals surface area (Å²) in [5.41, 5.74) is 1.94. The van der Waals surface area contributed by atoms with Crippen LogP contribution >= 0.6 is 11.3 Å². The van der Waals surface area contributed by atoms with E-state index in [1.165, 1.54) is 23.5 Å². The summed E-state index contributed by atoms with van der Waals surface area (Å²) in [6.07, 6.45) is -4.80. The molecule has 4 nitrogen and oxygen atoms in total. The molecule has 0 saturated carbocycles. The van der Waals surface area contributed by atoms with Crippen LogP contribution in [0.4, 0.5) is 18.9 Å². The zero-order valence-corrected chi connectivity index (χ0v) is 14.9. The molecule has 0 bridgehead atoms. The Morgan fingerprint density at radius 3 is 2.52 bits per heavy atom. The van der Waals surface area contributed by atoms with E-state index in [1.54, 1.807) is 12.1 Å². The molecule has 1 aliphatic rings. The van der Waals surface area contributed by atoms with Gasteiger partial charge in [-0.3, -0.25) is 4.79 Å². The largest absolute Gasteiger partial charge is 0.416 e. The van der Waals surface area contributed by atoms with E-state index in [0.29, 0.717) is 21.8 Å². The Labute approximate surface area is 157 Å². The van der Waals surface area contributed by atoms with Gasteiger partial charge in [0, 0.05) is 18.0 Å². The minimum absolute atomic E-state index is 0.183. The normalized spacial score (nSPS) is 16.8. The van der Waals surface area contributed by atoms with Crippen LogP contribution in [0.2, 0.25) is 0 Å². The molecule has 0 aliphatic carbocycles. The molecule has 1 N–H and O–H groups in total. The van der Waals surface area contributed by atoms with Crippen LogP contribution in [0.5, 0.6) is 0 Å². The first-order chi connectivity index (χ1) is 12.8. The van der Waals surface area contributed by atoms with Crippen molar-refractivity contribution in [1.82, 2.24) is 10.3 Å². The summed E-state index contributed by atoms with van der Waals surface area (Å²) in [5, 5.41) is 5.32. The van der Waals surface area contributed by atoms with E-state index in [1.807, 2.05) is 29.5 Å². The monoisotopic (exact) mass is 389 g/mol. The maximum absolute atomic E-state index is 12.7. The predicted octanol–water partition coefficient (Wildman–Crippen LogP) is 4.71. The second-order valence-electron chi connectivity index (χ2n) is 6.16. The summed E-state index contributed by atoms with van der Waals surface area (Å²) < 4.78 is 38.1. The molecule has 138 valence electrons. The third-order valence-electron chi connectivity index (χ3n) is 4.45. The minimum Gasteiger partial charge on any atom is -0.349 e. The fraction of sp³-hybridized carbons (Fsp3) is 0.158. The lowest BCUT2D eigenvalue weighted by molar-refractivity contribution is -0.137. The fourth-order valence-corrected chi connectivity index (χ4v) is 3.87. The Kier molecular flexibility index (Phi) is 4.15. The third-order valence-corrected chi connectivity index (χ3v) is 5.35. The van der Waals surface area contributed by atoms with E-state index < -0.39 is 17.9 Å². The molecule has 0 saturated heterocycles. The van der Waals surface area contributed by atoms with Gasteiger partial charge in [-0.2, -0.15) is 13.2 Å². The summed E-state index contributed by atoms with van der Waals surface area (Å²) in [7, 11) is 1.86. The molecular formula is C19H14F3N3OS. The number of anilines is 1. The van der Waals surface area contributed by atoms with Crippen molar-refractivity contribution in [2.45, 2.75) is 12.3 Å². The van der Waals surface area contributed by atoms with Crippen molar-refractivity contribution in [3.8, 4) is 10.6 Å². The van der Waals surface area contributed by atoms with Crippen molar-refractivity contribution in [2.75, 3.05) is 11.9 Å². The van der Waals surface area contributed by atoms with Gasteiger partial charge in [0.05, 0.1) is 22.5 Å². The Morgan fingerprint density at radius 2 is 1.81 bits per heavy atom. The van der Waals surface area contributed by atoms with Gasteiger partial charge in [0.15, 0.2) is 0 Å². The van der Waals surface area contributed by atoms with Gasteiger partial charge in [0.2, 0.25) is 0 Å². The van der Waals surface area contributed by atoms with E-state index in [2.05, 4.69) is 10.3 Å². The number of carbonyl (C=O) groups is 1. The molecule has 2 heterocycles. The number of nitrogens with one attached hydrogen (secondary N) is 1. The minimum atomic E-state index is -4.37. The van der Waals surface area contributed by atoms with Crippen molar-refractivity contribution >= 4 is 22.9 Å². The number of fused-ring (bicyclic) bond motifs is 1. The standard InChI is InChI=1S/C19H14F3N3OS/c1-25-15-5-3-2-4-13(15)17(26)24-16(25)14-10-27-18(23-14)11-6-8-12(9-7-11)19(20,21)22/h2-10,16H,1H3,(H,24,26). The van der Waals surface area contributed by atoms with E-state index in [-0.39, 0.29) is 5.91 Å². The van der Waals surface area contributed by atoms with Crippen LogP contribution in [0.1, 0.15) is 27.8 Å². The van der Waals surface area contributed by atoms with Crippen LogP contribution in [-0.4, -0.2) is 17.9 Å². The number of hydrogen-bond donors (Lipinski definition) is 1. The Balaban J connectivity index is 1.63. The highest BCUT2D eigenvalue weighted by molar-refractivity contribution is 7.13. The average Bonchev–Trinajstić information content (AvgIpc) is 3.14. The van der Waals surface area contributed by atoms with Crippen molar-refractivity contribution in [3.63, 3.8) is 0 Å². The maximum Gasteiger partial charge on any atom is 0.416 e. The average molecular weight is 389 g/mol. The molecule has 3 aromatic rings. The molecular weight excluding hydrogens is 375 g/mol. The molecule has 2 aromatic carbocycles. The predicted molar refractivity (Wildman–Crippen MR) is 97.6 cm³/mol. The number of halogens is 3. The maximum atomic E-state index is 12.7. The van der Waals surface area contributed by atoms with Crippen LogP contribution < -0.4 is 10.2 Å². The lowest BCUT2D eigenvalue weighted by atomic mass is 10.1. The summed E-state index contributed by atoms with van der Waals surface area (Å²) in [5.74, 6) is -0.183. The quantitative estimate of drug-likeness (QED) is 0.691. The lowest BCUT2D eigenvalue weighted by Gasteiger charge is -2.35.